The monoisotopic (exact) mass is 277 g/mol. The Labute approximate surface area is 114 Å². The summed E-state index contributed by atoms with van der Waals surface area (Å²) in [5.74, 6) is -1.65. The molecule has 1 heterocycles. The third kappa shape index (κ3) is 2.69. The summed E-state index contributed by atoms with van der Waals surface area (Å²) in [6.45, 7) is 3.36. The van der Waals surface area contributed by atoms with Crippen LogP contribution < -0.4 is 5.32 Å². The van der Waals surface area contributed by atoms with Gasteiger partial charge in [-0.1, -0.05) is 0 Å². The molecule has 20 heavy (non-hydrogen) atoms. The summed E-state index contributed by atoms with van der Waals surface area (Å²) in [6, 6.07) is 4.96. The summed E-state index contributed by atoms with van der Waals surface area (Å²) in [6.07, 6.45) is 0. The van der Waals surface area contributed by atoms with Crippen LogP contribution in [0.15, 0.2) is 28.7 Å². The average Bonchev–Trinajstić information content (AvgIpc) is 2.68. The second-order valence-electron chi connectivity index (χ2n) is 4.28. The number of nitrogens with one attached hydrogen (secondary N) is 1. The van der Waals surface area contributed by atoms with Gasteiger partial charge in [0.15, 0.2) is 0 Å². The predicted octanol–water partition coefficient (Wildman–Crippen LogP) is 2.99. The zero-order valence-electron chi connectivity index (χ0n) is 10.9. The van der Waals surface area contributed by atoms with Crippen molar-refractivity contribution in [3.8, 4) is 0 Å². The second-order valence-corrected chi connectivity index (χ2v) is 4.28. The fourth-order valence-corrected chi connectivity index (χ4v) is 1.82. The number of benzene rings is 1. The van der Waals surface area contributed by atoms with Crippen molar-refractivity contribution >= 4 is 17.6 Å². The number of amides is 1. The molecular formula is C14H12FNO4. The van der Waals surface area contributed by atoms with E-state index in [0.29, 0.717) is 17.1 Å². The molecule has 0 fully saturated rings. The van der Waals surface area contributed by atoms with Crippen molar-refractivity contribution in [2.24, 2.45) is 0 Å². The van der Waals surface area contributed by atoms with Gasteiger partial charge < -0.3 is 14.8 Å². The number of carbonyl (C=O) groups excluding carboxylic acids is 1. The van der Waals surface area contributed by atoms with E-state index in [1.54, 1.807) is 19.9 Å². The van der Waals surface area contributed by atoms with E-state index in [0.717, 1.165) is 12.1 Å². The van der Waals surface area contributed by atoms with Crippen LogP contribution in [0.1, 0.15) is 32.2 Å². The SMILES string of the molecule is Cc1cc(C(=O)Nc2ccc(C(=O)O)c(F)c2)c(C)o1. The van der Waals surface area contributed by atoms with Crippen molar-refractivity contribution in [1.29, 1.82) is 0 Å². The fourth-order valence-electron chi connectivity index (χ4n) is 1.82. The van der Waals surface area contributed by atoms with Gasteiger partial charge in [0.2, 0.25) is 0 Å². The molecule has 0 aliphatic heterocycles. The van der Waals surface area contributed by atoms with Crippen molar-refractivity contribution in [2.75, 3.05) is 5.32 Å². The second kappa shape index (κ2) is 5.16. The van der Waals surface area contributed by atoms with Gasteiger partial charge in [-0.25, -0.2) is 9.18 Å². The molecule has 0 atom stereocenters. The number of aromatic carboxylic acids is 1. The molecule has 0 spiro atoms. The van der Waals surface area contributed by atoms with E-state index in [2.05, 4.69) is 5.32 Å². The minimum Gasteiger partial charge on any atom is -0.478 e. The number of rotatable bonds is 3. The van der Waals surface area contributed by atoms with Crippen LogP contribution in [-0.4, -0.2) is 17.0 Å². The van der Waals surface area contributed by atoms with Gasteiger partial charge in [-0.3, -0.25) is 4.79 Å². The first-order valence-corrected chi connectivity index (χ1v) is 5.79. The van der Waals surface area contributed by atoms with Crippen LogP contribution in [0.3, 0.4) is 0 Å². The molecule has 0 bridgehead atoms. The zero-order chi connectivity index (χ0) is 14.9. The minimum atomic E-state index is -1.36. The zero-order valence-corrected chi connectivity index (χ0v) is 10.9. The number of carboxylic acid groups (broad SMARTS) is 1. The van der Waals surface area contributed by atoms with E-state index in [-0.39, 0.29) is 5.69 Å². The topological polar surface area (TPSA) is 79.5 Å². The van der Waals surface area contributed by atoms with Crippen molar-refractivity contribution < 1.29 is 23.5 Å². The van der Waals surface area contributed by atoms with Crippen LogP contribution in [0.4, 0.5) is 10.1 Å². The highest BCUT2D eigenvalue weighted by Crippen LogP contribution is 2.18. The molecule has 0 aliphatic carbocycles. The van der Waals surface area contributed by atoms with Crippen LogP contribution in [0.25, 0.3) is 0 Å². The van der Waals surface area contributed by atoms with Gasteiger partial charge in [-0.15, -0.1) is 0 Å². The first-order valence-electron chi connectivity index (χ1n) is 5.79. The summed E-state index contributed by atoms with van der Waals surface area (Å²) in [4.78, 5) is 22.7. The number of anilines is 1. The summed E-state index contributed by atoms with van der Waals surface area (Å²) in [5.41, 5.74) is 0.0827. The molecule has 1 amide bonds. The van der Waals surface area contributed by atoms with Gasteiger partial charge in [0.05, 0.1) is 11.1 Å². The Morgan fingerprint density at radius 1 is 1.20 bits per heavy atom. The van der Waals surface area contributed by atoms with E-state index in [4.69, 9.17) is 9.52 Å². The van der Waals surface area contributed by atoms with Gasteiger partial charge in [0.25, 0.3) is 5.91 Å². The van der Waals surface area contributed by atoms with E-state index >= 15 is 0 Å². The summed E-state index contributed by atoms with van der Waals surface area (Å²) in [7, 11) is 0. The van der Waals surface area contributed by atoms with Gasteiger partial charge in [-0.05, 0) is 38.1 Å². The van der Waals surface area contributed by atoms with Crippen LogP contribution in [0.5, 0.6) is 0 Å². The Bertz CT molecular complexity index is 690. The largest absolute Gasteiger partial charge is 0.478 e. The molecule has 0 unspecified atom stereocenters. The van der Waals surface area contributed by atoms with E-state index < -0.39 is 23.3 Å². The van der Waals surface area contributed by atoms with Crippen molar-refractivity contribution in [2.45, 2.75) is 13.8 Å². The lowest BCUT2D eigenvalue weighted by Gasteiger charge is -2.05. The molecule has 0 saturated carbocycles. The Morgan fingerprint density at radius 3 is 2.40 bits per heavy atom. The first kappa shape index (κ1) is 13.8. The molecule has 6 heteroatoms. The normalized spacial score (nSPS) is 10.3. The fraction of sp³-hybridized carbons (Fsp3) is 0.143. The highest BCUT2D eigenvalue weighted by molar-refractivity contribution is 6.05. The van der Waals surface area contributed by atoms with Crippen molar-refractivity contribution in [3.63, 3.8) is 0 Å². The smallest absolute Gasteiger partial charge is 0.338 e. The molecule has 1 aromatic carbocycles. The standard InChI is InChI=1S/C14H12FNO4/c1-7-5-11(8(2)20-7)13(17)16-9-3-4-10(14(18)19)12(15)6-9/h3-6H,1-2H3,(H,16,17)(H,18,19). The van der Waals surface area contributed by atoms with Crippen LogP contribution in [0, 0.1) is 19.7 Å². The van der Waals surface area contributed by atoms with Crippen LogP contribution in [0.2, 0.25) is 0 Å². The number of carbonyl (C=O) groups is 2. The maximum atomic E-state index is 13.5. The molecule has 5 nitrogen and oxygen atoms in total. The van der Waals surface area contributed by atoms with E-state index in [9.17, 15) is 14.0 Å². The Balaban J connectivity index is 2.22. The van der Waals surface area contributed by atoms with E-state index in [1.807, 2.05) is 0 Å². The number of hydrogen-bond donors (Lipinski definition) is 2. The number of furan rings is 1. The number of aryl methyl sites for hydroxylation is 2. The third-order valence-electron chi connectivity index (χ3n) is 2.74. The molecule has 104 valence electrons. The highest BCUT2D eigenvalue weighted by atomic mass is 19.1. The molecule has 1 aromatic heterocycles. The lowest BCUT2D eigenvalue weighted by atomic mass is 10.2. The molecule has 0 aliphatic rings. The Hall–Kier alpha value is -2.63. The molecule has 2 N–H and O–H groups in total. The quantitative estimate of drug-likeness (QED) is 0.903. The number of halogens is 1. The number of carboxylic acids is 1. The Morgan fingerprint density at radius 2 is 1.90 bits per heavy atom. The Kier molecular flexibility index (Phi) is 3.56. The van der Waals surface area contributed by atoms with Gasteiger partial charge in [-0.2, -0.15) is 0 Å². The summed E-state index contributed by atoms with van der Waals surface area (Å²) >= 11 is 0. The van der Waals surface area contributed by atoms with Gasteiger partial charge in [0, 0.05) is 5.69 Å². The predicted molar refractivity (Wildman–Crippen MR) is 69.5 cm³/mol. The van der Waals surface area contributed by atoms with Crippen LogP contribution >= 0.6 is 0 Å². The van der Waals surface area contributed by atoms with Gasteiger partial charge >= 0.3 is 5.97 Å². The lowest BCUT2D eigenvalue weighted by Crippen LogP contribution is -2.12. The molecule has 0 saturated heterocycles. The van der Waals surface area contributed by atoms with Crippen molar-refractivity contribution in [3.05, 3.63) is 52.7 Å². The maximum absolute atomic E-state index is 13.5. The first-order chi connectivity index (χ1) is 9.38. The lowest BCUT2D eigenvalue weighted by molar-refractivity contribution is 0.0692. The molecular weight excluding hydrogens is 265 g/mol. The van der Waals surface area contributed by atoms with Crippen LogP contribution in [-0.2, 0) is 0 Å². The highest BCUT2D eigenvalue weighted by Gasteiger charge is 2.15. The molecule has 2 rings (SSSR count). The number of hydrogen-bond acceptors (Lipinski definition) is 3. The van der Waals surface area contributed by atoms with Crippen molar-refractivity contribution in [1.82, 2.24) is 0 Å². The summed E-state index contributed by atoms with van der Waals surface area (Å²) < 4.78 is 18.7. The molecule has 0 radical (unpaired) electrons. The van der Waals surface area contributed by atoms with Gasteiger partial charge in [0.1, 0.15) is 17.3 Å². The third-order valence-corrected chi connectivity index (χ3v) is 2.74. The minimum absolute atomic E-state index is 0.177. The average molecular weight is 277 g/mol. The maximum Gasteiger partial charge on any atom is 0.338 e. The van der Waals surface area contributed by atoms with E-state index in [1.165, 1.54) is 6.07 Å². The molecule has 2 aromatic rings. The summed E-state index contributed by atoms with van der Waals surface area (Å²) in [5, 5.41) is 11.2.